The molecule has 2 aliphatic rings. The van der Waals surface area contributed by atoms with E-state index in [4.69, 9.17) is 9.47 Å². The summed E-state index contributed by atoms with van der Waals surface area (Å²) < 4.78 is 11.6. The molecule has 2 aromatic rings. The fourth-order valence-corrected chi connectivity index (χ4v) is 4.49. The van der Waals surface area contributed by atoms with Crippen LogP contribution in [-0.2, 0) is 20.9 Å². The molecule has 0 aliphatic carbocycles. The van der Waals surface area contributed by atoms with Crippen LogP contribution >= 0.6 is 0 Å². The van der Waals surface area contributed by atoms with Gasteiger partial charge in [0, 0.05) is 36.8 Å². The van der Waals surface area contributed by atoms with Crippen LogP contribution in [0.2, 0.25) is 0 Å². The quantitative estimate of drug-likeness (QED) is 0.614. The third-order valence-corrected chi connectivity index (χ3v) is 6.00. The highest BCUT2D eigenvalue weighted by Gasteiger charge is 2.36. The molecular weight excluding hydrogens is 430 g/mol. The lowest BCUT2D eigenvalue weighted by atomic mass is 9.83. The van der Waals surface area contributed by atoms with Crippen LogP contribution in [0.15, 0.2) is 41.2 Å². The average molecular weight is 454 g/mol. The van der Waals surface area contributed by atoms with Crippen LogP contribution in [0.4, 0.5) is 5.69 Å². The van der Waals surface area contributed by atoms with E-state index in [2.05, 4.69) is 5.32 Å². The molecule has 10 nitrogen and oxygen atoms in total. The van der Waals surface area contributed by atoms with Crippen LogP contribution in [0.3, 0.4) is 0 Å². The van der Waals surface area contributed by atoms with Crippen LogP contribution in [0.25, 0.3) is 0 Å². The van der Waals surface area contributed by atoms with Crippen LogP contribution in [0.5, 0.6) is 5.75 Å². The van der Waals surface area contributed by atoms with E-state index in [1.165, 1.54) is 0 Å². The number of ether oxygens (including phenoxy) is 2. The summed E-state index contributed by atoms with van der Waals surface area (Å²) in [5.74, 6) is -1.37. The lowest BCUT2D eigenvalue weighted by Crippen LogP contribution is -2.50. The molecule has 33 heavy (non-hydrogen) atoms. The van der Waals surface area contributed by atoms with Gasteiger partial charge in [-0.1, -0.05) is 0 Å². The number of piperidine rings is 1. The first-order valence-electron chi connectivity index (χ1n) is 10.6. The van der Waals surface area contributed by atoms with Gasteiger partial charge < -0.3 is 34.2 Å². The molecular formula is C23H24N3O7-. The maximum absolute atomic E-state index is 13.1. The maximum atomic E-state index is 13.1. The predicted molar refractivity (Wildman–Crippen MR) is 115 cm³/mol. The van der Waals surface area contributed by atoms with Gasteiger partial charge in [0.15, 0.2) is 0 Å². The maximum Gasteiger partial charge on any atom is 0.274 e. The number of aliphatic carboxylic acids is 1. The molecule has 0 spiro atoms. The summed E-state index contributed by atoms with van der Waals surface area (Å²) in [7, 11) is 1.54. The Bertz CT molecular complexity index is 1130. The van der Waals surface area contributed by atoms with E-state index in [-0.39, 0.29) is 41.5 Å². The average Bonchev–Trinajstić information content (AvgIpc) is 2.80. The molecule has 4 rings (SSSR count). The third kappa shape index (κ3) is 4.90. The molecule has 10 heteroatoms. The molecule has 0 radical (unpaired) electrons. The molecule has 1 fully saturated rings. The minimum absolute atomic E-state index is 0.0263. The van der Waals surface area contributed by atoms with E-state index in [9.17, 15) is 24.3 Å². The Kier molecular flexibility index (Phi) is 6.45. The number of amides is 2. The van der Waals surface area contributed by atoms with Crippen LogP contribution in [-0.4, -0.2) is 60.7 Å². The first-order valence-corrected chi connectivity index (χ1v) is 10.6. The summed E-state index contributed by atoms with van der Waals surface area (Å²) in [5.41, 5.74) is 1.14. The normalized spacial score (nSPS) is 18.9. The van der Waals surface area contributed by atoms with Crippen molar-refractivity contribution >= 4 is 23.5 Å². The number of carboxylic acid groups (broad SMARTS) is 1. The van der Waals surface area contributed by atoms with Gasteiger partial charge in [0.25, 0.3) is 11.5 Å². The monoisotopic (exact) mass is 454 g/mol. The Morgan fingerprint density at radius 1 is 1.06 bits per heavy atom. The molecule has 2 aliphatic heterocycles. The topological polar surface area (TPSA) is 130 Å². The zero-order valence-electron chi connectivity index (χ0n) is 18.1. The number of carbonyl (C=O) groups excluding carboxylic acids is 3. The van der Waals surface area contributed by atoms with Crippen LogP contribution in [0.1, 0.15) is 28.4 Å². The number of pyridine rings is 1. The lowest BCUT2D eigenvalue weighted by Gasteiger charge is -2.42. The summed E-state index contributed by atoms with van der Waals surface area (Å²) in [6, 6.07) is 10.00. The number of aromatic nitrogens is 1. The number of carbonyl (C=O) groups is 3. The summed E-state index contributed by atoms with van der Waals surface area (Å²) in [6.45, 7) is 0.353. The Balaban J connectivity index is 1.47. The zero-order chi connectivity index (χ0) is 23.5. The van der Waals surface area contributed by atoms with Gasteiger partial charge in [0.05, 0.1) is 19.7 Å². The second-order valence-corrected chi connectivity index (χ2v) is 8.23. The van der Waals surface area contributed by atoms with Crippen LogP contribution in [0, 0.1) is 5.92 Å². The highest BCUT2D eigenvalue weighted by molar-refractivity contribution is 6.04. The second-order valence-electron chi connectivity index (χ2n) is 8.23. The summed E-state index contributed by atoms with van der Waals surface area (Å²) in [4.78, 5) is 50.2. The number of rotatable bonds is 7. The Morgan fingerprint density at radius 3 is 2.52 bits per heavy atom. The molecule has 174 valence electrons. The van der Waals surface area contributed by atoms with Crippen molar-refractivity contribution in [2.75, 3.05) is 38.7 Å². The second kappa shape index (κ2) is 9.45. The van der Waals surface area contributed by atoms with Gasteiger partial charge in [-0.3, -0.25) is 14.4 Å². The van der Waals surface area contributed by atoms with E-state index in [0.717, 1.165) is 12.1 Å². The van der Waals surface area contributed by atoms with E-state index in [0.29, 0.717) is 30.9 Å². The highest BCUT2D eigenvalue weighted by atomic mass is 16.5. The number of hydrogen-bond acceptors (Lipinski definition) is 7. The van der Waals surface area contributed by atoms with Crippen molar-refractivity contribution in [1.82, 2.24) is 9.47 Å². The largest absolute Gasteiger partial charge is 0.548 e. The molecule has 2 bridgehead atoms. The number of fused-ring (bicyclic) bond motifs is 4. The van der Waals surface area contributed by atoms with E-state index >= 15 is 0 Å². The van der Waals surface area contributed by atoms with Gasteiger partial charge in [0.1, 0.15) is 18.0 Å². The smallest absolute Gasteiger partial charge is 0.274 e. The molecule has 1 saturated heterocycles. The predicted octanol–water partition coefficient (Wildman–Crippen LogP) is -0.179. The summed E-state index contributed by atoms with van der Waals surface area (Å²) in [6.07, 6.45) is 0.848. The number of benzene rings is 1. The number of likely N-dealkylation sites (tertiary alicyclic amines) is 1. The van der Waals surface area contributed by atoms with Crippen molar-refractivity contribution in [3.8, 4) is 5.75 Å². The molecule has 0 unspecified atom stereocenters. The van der Waals surface area contributed by atoms with E-state index in [1.807, 2.05) is 6.07 Å². The standard InChI is InChI=1S/C23H25N3O7/c1-32-17-4-2-15(3-5-17)22(30)24-18-6-7-19-16-8-14(10-26(19)23(18)31)9-25(11-16)20(27)12-33-13-21(28)29/h2-7,14,16H,8-13H2,1H3,(H,24,30)(H,28,29)/p-1/t14-,16+/m0/s1. The van der Waals surface area contributed by atoms with Crippen molar-refractivity contribution in [3.63, 3.8) is 0 Å². The van der Waals surface area contributed by atoms with Crippen molar-refractivity contribution in [2.45, 2.75) is 18.9 Å². The molecule has 2 amide bonds. The number of carboxylic acids is 1. The number of nitrogens with one attached hydrogen (secondary N) is 1. The number of nitrogens with zero attached hydrogens (tertiary/aromatic N) is 2. The van der Waals surface area contributed by atoms with Crippen molar-refractivity contribution in [2.24, 2.45) is 5.92 Å². The van der Waals surface area contributed by atoms with Gasteiger partial charge in [-0.15, -0.1) is 0 Å². The summed E-state index contributed by atoms with van der Waals surface area (Å²) in [5, 5.41) is 13.2. The van der Waals surface area contributed by atoms with E-state index < -0.39 is 12.6 Å². The summed E-state index contributed by atoms with van der Waals surface area (Å²) >= 11 is 0. The van der Waals surface area contributed by atoms with Crippen molar-refractivity contribution in [1.29, 1.82) is 0 Å². The van der Waals surface area contributed by atoms with Gasteiger partial charge >= 0.3 is 0 Å². The Labute approximate surface area is 189 Å². The van der Waals surface area contributed by atoms with Crippen molar-refractivity contribution in [3.05, 3.63) is 58.0 Å². The number of methoxy groups -OCH3 is 1. The Morgan fingerprint density at radius 2 is 1.82 bits per heavy atom. The van der Waals surface area contributed by atoms with Gasteiger partial charge in [-0.05, 0) is 48.7 Å². The molecule has 1 aromatic carbocycles. The zero-order valence-corrected chi connectivity index (χ0v) is 18.1. The molecule has 1 N–H and O–H groups in total. The third-order valence-electron chi connectivity index (χ3n) is 6.00. The molecule has 0 saturated carbocycles. The molecule has 2 atom stereocenters. The van der Waals surface area contributed by atoms with Crippen LogP contribution < -0.4 is 20.7 Å². The minimum atomic E-state index is -1.37. The highest BCUT2D eigenvalue weighted by Crippen LogP contribution is 2.35. The Hall–Kier alpha value is -3.66. The van der Waals surface area contributed by atoms with Gasteiger partial charge in [-0.25, -0.2) is 0 Å². The fourth-order valence-electron chi connectivity index (χ4n) is 4.49. The first-order chi connectivity index (χ1) is 15.9. The minimum Gasteiger partial charge on any atom is -0.548 e. The number of anilines is 1. The van der Waals surface area contributed by atoms with Crippen molar-refractivity contribution < 1.29 is 29.0 Å². The van der Waals surface area contributed by atoms with E-state index in [1.54, 1.807) is 46.9 Å². The SMILES string of the molecule is COc1ccc(C(=O)Nc2ccc3n(c2=O)C[C@H]2C[C@@H]3CN(C(=O)COCC(=O)[O-])C2)cc1. The first kappa shape index (κ1) is 22.5. The lowest BCUT2D eigenvalue weighted by molar-refractivity contribution is -0.309. The number of hydrogen-bond donors (Lipinski definition) is 1. The van der Waals surface area contributed by atoms with Gasteiger partial charge in [0.2, 0.25) is 5.91 Å². The molecule has 3 heterocycles. The van der Waals surface area contributed by atoms with Gasteiger partial charge in [-0.2, -0.15) is 0 Å². The molecule has 1 aromatic heterocycles. The fraction of sp³-hybridized carbons (Fsp3) is 0.391.